The monoisotopic (exact) mass is 425 g/mol. The van der Waals surface area contributed by atoms with E-state index in [1.807, 2.05) is 50.2 Å². The van der Waals surface area contributed by atoms with Crippen molar-refractivity contribution in [3.05, 3.63) is 71.8 Å². The molecule has 6 nitrogen and oxygen atoms in total. The van der Waals surface area contributed by atoms with Crippen molar-refractivity contribution in [1.29, 1.82) is 0 Å². The minimum atomic E-state index is -0.701. The smallest absolute Gasteiger partial charge is 0.190 e. The van der Waals surface area contributed by atoms with Gasteiger partial charge >= 0.3 is 0 Å². The van der Waals surface area contributed by atoms with Crippen LogP contribution in [-0.4, -0.2) is 59.1 Å². The molecule has 3 aliphatic heterocycles. The van der Waals surface area contributed by atoms with Crippen LogP contribution in [0.25, 0.3) is 0 Å². The Morgan fingerprint density at radius 3 is 2.35 bits per heavy atom. The molecule has 3 fully saturated rings. The molecule has 2 aromatic carbocycles. The van der Waals surface area contributed by atoms with Gasteiger partial charge in [0.05, 0.1) is 12.7 Å². The van der Waals surface area contributed by atoms with Crippen molar-refractivity contribution in [2.24, 2.45) is 0 Å². The first-order chi connectivity index (χ1) is 15.0. The molecule has 0 unspecified atom stereocenters. The fourth-order valence-corrected chi connectivity index (χ4v) is 5.02. The third kappa shape index (κ3) is 4.55. The molecule has 3 saturated heterocycles. The Bertz CT molecular complexity index is 861. The Labute approximate surface area is 183 Å². The molecule has 2 aromatic rings. The van der Waals surface area contributed by atoms with Crippen LogP contribution in [-0.2, 0) is 32.1 Å². The minimum absolute atomic E-state index is 0.0249. The lowest BCUT2D eigenvalue weighted by molar-refractivity contribution is -0.225. The van der Waals surface area contributed by atoms with Crippen molar-refractivity contribution in [2.75, 3.05) is 6.54 Å². The summed E-state index contributed by atoms with van der Waals surface area (Å²) >= 11 is 0. The number of aliphatic hydroxyl groups excluding tert-OH is 1. The SMILES string of the molecule is CC1(C)O[C@H]2O[C@H]([C@H]3C[C@H](O)CN3Cc3ccccc3)[C@H](OCc3ccccc3)[C@H]2O1. The molecule has 6 atom stereocenters. The highest BCUT2D eigenvalue weighted by atomic mass is 16.8. The molecule has 0 amide bonds. The maximum atomic E-state index is 10.5. The molecule has 0 aliphatic carbocycles. The van der Waals surface area contributed by atoms with Gasteiger partial charge < -0.3 is 24.1 Å². The van der Waals surface area contributed by atoms with Gasteiger partial charge in [-0.1, -0.05) is 60.7 Å². The number of hydrogen-bond acceptors (Lipinski definition) is 6. The highest BCUT2D eigenvalue weighted by Crippen LogP contribution is 2.42. The van der Waals surface area contributed by atoms with Crippen LogP contribution in [0.3, 0.4) is 0 Å². The Hall–Kier alpha value is -1.80. The van der Waals surface area contributed by atoms with Gasteiger partial charge in [0.2, 0.25) is 0 Å². The Kier molecular flexibility index (Phi) is 5.86. The number of β-amino-alcohol motifs (C(OH)–C–C–N with tert-alkyl or cyclic N) is 1. The van der Waals surface area contributed by atoms with Crippen LogP contribution in [0.5, 0.6) is 0 Å². The first-order valence-electron chi connectivity index (χ1n) is 11.1. The minimum Gasteiger partial charge on any atom is -0.392 e. The van der Waals surface area contributed by atoms with Crippen LogP contribution in [0, 0.1) is 0 Å². The third-order valence-electron chi connectivity index (χ3n) is 6.35. The van der Waals surface area contributed by atoms with Crippen LogP contribution in [0.15, 0.2) is 60.7 Å². The summed E-state index contributed by atoms with van der Waals surface area (Å²) in [6.07, 6.45) is -1.01. The zero-order valence-corrected chi connectivity index (χ0v) is 18.1. The maximum Gasteiger partial charge on any atom is 0.190 e. The lowest BCUT2D eigenvalue weighted by Gasteiger charge is -2.33. The molecule has 0 radical (unpaired) electrons. The molecular weight excluding hydrogens is 394 g/mol. The summed E-state index contributed by atoms with van der Waals surface area (Å²) in [5.74, 6) is -0.701. The lowest BCUT2D eigenvalue weighted by Crippen LogP contribution is -2.47. The number of hydrogen-bond donors (Lipinski definition) is 1. The predicted octanol–water partition coefficient (Wildman–Crippen LogP) is 3.08. The van der Waals surface area contributed by atoms with Crippen molar-refractivity contribution in [1.82, 2.24) is 4.90 Å². The van der Waals surface area contributed by atoms with E-state index >= 15 is 0 Å². The van der Waals surface area contributed by atoms with E-state index in [1.54, 1.807) is 0 Å². The van der Waals surface area contributed by atoms with E-state index in [1.165, 1.54) is 5.56 Å². The fourth-order valence-electron chi connectivity index (χ4n) is 5.02. The number of ether oxygens (including phenoxy) is 4. The average Bonchev–Trinajstić information content (AvgIpc) is 3.37. The van der Waals surface area contributed by atoms with Gasteiger partial charge in [-0.15, -0.1) is 0 Å². The first kappa shape index (κ1) is 21.1. The molecule has 6 heteroatoms. The summed E-state index contributed by atoms with van der Waals surface area (Å²) < 4.78 is 25.0. The number of benzene rings is 2. The van der Waals surface area contributed by atoms with Gasteiger partial charge in [0.1, 0.15) is 18.3 Å². The molecule has 1 N–H and O–H groups in total. The fraction of sp³-hybridized carbons (Fsp3) is 0.520. The van der Waals surface area contributed by atoms with E-state index in [2.05, 4.69) is 29.2 Å². The largest absolute Gasteiger partial charge is 0.392 e. The molecule has 3 aliphatic rings. The zero-order valence-electron chi connectivity index (χ0n) is 18.1. The van der Waals surface area contributed by atoms with Gasteiger partial charge in [0.25, 0.3) is 0 Å². The van der Waals surface area contributed by atoms with E-state index in [0.29, 0.717) is 19.6 Å². The van der Waals surface area contributed by atoms with Crippen LogP contribution >= 0.6 is 0 Å². The molecule has 31 heavy (non-hydrogen) atoms. The number of fused-ring (bicyclic) bond motifs is 1. The first-order valence-corrected chi connectivity index (χ1v) is 11.1. The summed E-state index contributed by atoms with van der Waals surface area (Å²) in [5.41, 5.74) is 2.32. The number of likely N-dealkylation sites (tertiary alicyclic amines) is 1. The topological polar surface area (TPSA) is 60.4 Å². The van der Waals surface area contributed by atoms with Gasteiger partial charge in [0.15, 0.2) is 12.1 Å². The number of aliphatic hydroxyl groups is 1. The van der Waals surface area contributed by atoms with Crippen LogP contribution in [0.4, 0.5) is 0 Å². The van der Waals surface area contributed by atoms with Gasteiger partial charge in [0, 0.05) is 19.1 Å². The molecule has 5 rings (SSSR count). The van der Waals surface area contributed by atoms with Crippen LogP contribution in [0.2, 0.25) is 0 Å². The Morgan fingerprint density at radius 2 is 1.65 bits per heavy atom. The highest BCUT2D eigenvalue weighted by molar-refractivity contribution is 5.16. The van der Waals surface area contributed by atoms with Gasteiger partial charge in [-0.2, -0.15) is 0 Å². The van der Waals surface area contributed by atoms with Crippen molar-refractivity contribution in [3.63, 3.8) is 0 Å². The molecular formula is C25H31NO5. The predicted molar refractivity (Wildman–Crippen MR) is 115 cm³/mol. The second-order valence-electron chi connectivity index (χ2n) is 9.20. The summed E-state index contributed by atoms with van der Waals surface area (Å²) in [4.78, 5) is 2.30. The van der Waals surface area contributed by atoms with Crippen molar-refractivity contribution in [3.8, 4) is 0 Å². The second kappa shape index (κ2) is 8.62. The molecule has 0 saturated carbocycles. The second-order valence-corrected chi connectivity index (χ2v) is 9.20. The van der Waals surface area contributed by atoms with Crippen LogP contribution in [0.1, 0.15) is 31.4 Å². The van der Waals surface area contributed by atoms with E-state index < -0.39 is 12.1 Å². The van der Waals surface area contributed by atoms with Crippen molar-refractivity contribution < 1.29 is 24.1 Å². The number of nitrogens with zero attached hydrogens (tertiary/aromatic N) is 1. The Balaban J connectivity index is 1.36. The van der Waals surface area contributed by atoms with Crippen LogP contribution < -0.4 is 0 Å². The molecule has 0 aromatic heterocycles. The number of rotatable bonds is 6. The van der Waals surface area contributed by atoms with Gasteiger partial charge in [-0.05, 0) is 31.4 Å². The van der Waals surface area contributed by atoms with Crippen molar-refractivity contribution in [2.45, 2.75) is 76.0 Å². The van der Waals surface area contributed by atoms with Gasteiger partial charge in [-0.25, -0.2) is 0 Å². The molecule has 3 heterocycles. The van der Waals surface area contributed by atoms with E-state index in [0.717, 1.165) is 12.1 Å². The summed E-state index contributed by atoms with van der Waals surface area (Å²) in [5, 5.41) is 10.5. The third-order valence-corrected chi connectivity index (χ3v) is 6.35. The highest BCUT2D eigenvalue weighted by Gasteiger charge is 2.58. The maximum absolute atomic E-state index is 10.5. The molecule has 166 valence electrons. The van der Waals surface area contributed by atoms with E-state index in [9.17, 15) is 5.11 Å². The molecule has 0 spiro atoms. The average molecular weight is 426 g/mol. The van der Waals surface area contributed by atoms with E-state index in [4.69, 9.17) is 18.9 Å². The van der Waals surface area contributed by atoms with Crippen molar-refractivity contribution >= 4 is 0 Å². The van der Waals surface area contributed by atoms with Gasteiger partial charge in [-0.3, -0.25) is 4.90 Å². The summed E-state index contributed by atoms with van der Waals surface area (Å²) in [7, 11) is 0. The van der Waals surface area contributed by atoms with E-state index in [-0.39, 0.29) is 30.5 Å². The summed E-state index contributed by atoms with van der Waals surface area (Å²) in [6, 6.07) is 20.5. The normalized spacial score (nSPS) is 34.8. The standard InChI is InChI=1S/C25H31NO5/c1-25(2)30-23-22(28-16-18-11-7-4-8-12-18)21(29-24(23)31-25)20-13-19(27)15-26(20)14-17-9-5-3-6-10-17/h3-12,19-24,27H,13-16H2,1-2H3/t19-,20+,21+,22-,23+,24+/m0/s1. The zero-order chi connectivity index (χ0) is 21.4. The lowest BCUT2D eigenvalue weighted by atomic mass is 10.00. The Morgan fingerprint density at radius 1 is 0.968 bits per heavy atom. The summed E-state index contributed by atoms with van der Waals surface area (Å²) in [6.45, 7) is 5.66. The quantitative estimate of drug-likeness (QED) is 0.768. The molecule has 0 bridgehead atoms.